The molecule has 2 N–H and O–H groups in total. The Morgan fingerprint density at radius 3 is 2.58 bits per heavy atom. The van der Waals surface area contributed by atoms with E-state index in [9.17, 15) is 4.79 Å². The van der Waals surface area contributed by atoms with Gasteiger partial charge in [-0.1, -0.05) is 30.3 Å². The second-order valence-electron chi connectivity index (χ2n) is 5.63. The maximum Gasteiger partial charge on any atom is 0.282 e. The molecule has 1 amide bonds. The predicted octanol–water partition coefficient (Wildman–Crippen LogP) is 1.48. The van der Waals surface area contributed by atoms with E-state index in [0.717, 1.165) is 10.6 Å². The van der Waals surface area contributed by atoms with Crippen molar-refractivity contribution in [3.8, 4) is 11.8 Å². The molecule has 5 heteroatoms. The number of carbonyl (C=O) groups is 1. The van der Waals surface area contributed by atoms with E-state index in [-0.39, 0.29) is 11.9 Å². The van der Waals surface area contributed by atoms with Gasteiger partial charge in [0.2, 0.25) is 0 Å². The third kappa shape index (κ3) is 4.83. The average Bonchev–Trinajstić information content (AvgIpc) is 2.62. The van der Waals surface area contributed by atoms with Gasteiger partial charge < -0.3 is 15.0 Å². The zero-order valence-electron chi connectivity index (χ0n) is 14.0. The molecule has 0 radical (unpaired) electrons. The van der Waals surface area contributed by atoms with Gasteiger partial charge in [0.1, 0.15) is 25.0 Å². The standard InChI is InChI=1S/C19H21N3O2/c1-15(19(23)21-18-11-7-6-8-16(18)14-20)22(2)12-13-24-17-9-4-3-5-10-17/h3-11,15H,12-13H2,1-2H3,(H,21,23)/p+1/t15-/m1/s1. The number of nitrogens with one attached hydrogen (secondary N) is 2. The molecule has 0 aromatic heterocycles. The van der Waals surface area contributed by atoms with E-state index in [2.05, 4.69) is 11.4 Å². The van der Waals surface area contributed by atoms with Gasteiger partial charge in [-0.3, -0.25) is 4.79 Å². The molecule has 2 aromatic carbocycles. The van der Waals surface area contributed by atoms with E-state index in [1.165, 1.54) is 0 Å². The van der Waals surface area contributed by atoms with Gasteiger partial charge in [0.25, 0.3) is 5.91 Å². The van der Waals surface area contributed by atoms with Gasteiger partial charge in [0.05, 0.1) is 18.3 Å². The Morgan fingerprint density at radius 1 is 1.21 bits per heavy atom. The summed E-state index contributed by atoms with van der Waals surface area (Å²) in [6.07, 6.45) is 0. The lowest BCUT2D eigenvalue weighted by Gasteiger charge is -2.21. The Balaban J connectivity index is 1.84. The number of nitriles is 1. The Morgan fingerprint density at radius 2 is 1.88 bits per heavy atom. The van der Waals surface area contributed by atoms with Crippen molar-refractivity contribution in [2.75, 3.05) is 25.5 Å². The van der Waals surface area contributed by atoms with Gasteiger partial charge in [-0.15, -0.1) is 0 Å². The first-order valence-electron chi connectivity index (χ1n) is 7.92. The van der Waals surface area contributed by atoms with Gasteiger partial charge in [0, 0.05) is 0 Å². The van der Waals surface area contributed by atoms with Crippen LogP contribution in [0.3, 0.4) is 0 Å². The highest BCUT2D eigenvalue weighted by Crippen LogP contribution is 2.13. The van der Waals surface area contributed by atoms with Crippen LogP contribution in [0.4, 0.5) is 5.69 Å². The highest BCUT2D eigenvalue weighted by atomic mass is 16.5. The van der Waals surface area contributed by atoms with E-state index < -0.39 is 0 Å². The van der Waals surface area contributed by atoms with Crippen molar-refractivity contribution in [3.63, 3.8) is 0 Å². The SMILES string of the molecule is C[C@H](C(=O)Nc1ccccc1C#N)[NH+](C)CCOc1ccccc1. The third-order valence-electron chi connectivity index (χ3n) is 3.95. The molecule has 0 fully saturated rings. The molecular weight excluding hydrogens is 302 g/mol. The van der Waals surface area contributed by atoms with Crippen LogP contribution in [0.5, 0.6) is 5.75 Å². The number of anilines is 1. The van der Waals surface area contributed by atoms with Crippen molar-refractivity contribution in [2.45, 2.75) is 13.0 Å². The van der Waals surface area contributed by atoms with Gasteiger partial charge in [-0.25, -0.2) is 0 Å². The summed E-state index contributed by atoms with van der Waals surface area (Å²) in [6, 6.07) is 18.4. The summed E-state index contributed by atoms with van der Waals surface area (Å²) in [4.78, 5) is 13.4. The number of quaternary nitrogens is 1. The van der Waals surface area contributed by atoms with Gasteiger partial charge in [-0.2, -0.15) is 5.26 Å². The van der Waals surface area contributed by atoms with Crippen molar-refractivity contribution < 1.29 is 14.4 Å². The quantitative estimate of drug-likeness (QED) is 0.811. The minimum Gasteiger partial charge on any atom is -0.488 e. The van der Waals surface area contributed by atoms with Crippen molar-refractivity contribution in [3.05, 3.63) is 60.2 Å². The molecule has 1 unspecified atom stereocenters. The van der Waals surface area contributed by atoms with E-state index in [4.69, 9.17) is 10.00 Å². The molecule has 0 heterocycles. The van der Waals surface area contributed by atoms with E-state index >= 15 is 0 Å². The maximum atomic E-state index is 12.4. The van der Waals surface area contributed by atoms with Gasteiger partial charge in [-0.05, 0) is 31.2 Å². The van der Waals surface area contributed by atoms with Crippen LogP contribution in [-0.2, 0) is 4.79 Å². The van der Waals surface area contributed by atoms with Crippen LogP contribution < -0.4 is 15.0 Å². The Bertz CT molecular complexity index is 710. The zero-order chi connectivity index (χ0) is 17.4. The minimum absolute atomic E-state index is 0.116. The fraction of sp³-hybridized carbons (Fsp3) is 0.263. The monoisotopic (exact) mass is 324 g/mol. The van der Waals surface area contributed by atoms with Crippen molar-refractivity contribution in [1.29, 1.82) is 5.26 Å². The maximum absolute atomic E-state index is 12.4. The van der Waals surface area contributed by atoms with Crippen LogP contribution in [0.2, 0.25) is 0 Å². The molecule has 124 valence electrons. The number of hydrogen-bond acceptors (Lipinski definition) is 3. The van der Waals surface area contributed by atoms with Crippen LogP contribution in [0.25, 0.3) is 0 Å². The fourth-order valence-corrected chi connectivity index (χ4v) is 2.22. The van der Waals surface area contributed by atoms with Crippen molar-refractivity contribution in [1.82, 2.24) is 0 Å². The normalized spacial score (nSPS) is 12.7. The molecule has 24 heavy (non-hydrogen) atoms. The predicted molar refractivity (Wildman–Crippen MR) is 92.9 cm³/mol. The lowest BCUT2D eigenvalue weighted by atomic mass is 10.2. The topological polar surface area (TPSA) is 66.6 Å². The summed E-state index contributed by atoms with van der Waals surface area (Å²) in [5.41, 5.74) is 1.01. The summed E-state index contributed by atoms with van der Waals surface area (Å²) in [6.45, 7) is 3.09. The first-order valence-corrected chi connectivity index (χ1v) is 7.92. The third-order valence-corrected chi connectivity index (χ3v) is 3.95. The smallest absolute Gasteiger partial charge is 0.282 e. The van der Waals surface area contributed by atoms with Gasteiger partial charge in [0.15, 0.2) is 6.04 Å². The van der Waals surface area contributed by atoms with Crippen LogP contribution in [0, 0.1) is 11.3 Å². The largest absolute Gasteiger partial charge is 0.488 e. The molecule has 0 bridgehead atoms. The van der Waals surface area contributed by atoms with E-state index in [0.29, 0.717) is 24.4 Å². The first-order chi connectivity index (χ1) is 11.6. The number of amides is 1. The van der Waals surface area contributed by atoms with Crippen LogP contribution in [-0.4, -0.2) is 32.1 Å². The lowest BCUT2D eigenvalue weighted by Crippen LogP contribution is -3.14. The van der Waals surface area contributed by atoms with Crippen LogP contribution in [0.15, 0.2) is 54.6 Å². The fourth-order valence-electron chi connectivity index (χ4n) is 2.22. The molecule has 0 aliphatic rings. The lowest BCUT2D eigenvalue weighted by molar-refractivity contribution is -0.894. The number of para-hydroxylation sites is 2. The molecule has 2 rings (SSSR count). The Kier molecular flexibility index (Phi) is 6.35. The second-order valence-corrected chi connectivity index (χ2v) is 5.63. The number of ether oxygens (including phenoxy) is 1. The number of hydrogen-bond donors (Lipinski definition) is 2. The molecular formula is C19H22N3O2+. The first kappa shape index (κ1) is 17.5. The Labute approximate surface area is 142 Å². The number of carbonyl (C=O) groups excluding carboxylic acids is 1. The van der Waals surface area contributed by atoms with Crippen molar-refractivity contribution >= 4 is 11.6 Å². The van der Waals surface area contributed by atoms with Crippen LogP contribution in [0.1, 0.15) is 12.5 Å². The molecule has 0 aliphatic carbocycles. The molecule has 0 aliphatic heterocycles. The summed E-state index contributed by atoms with van der Waals surface area (Å²) < 4.78 is 5.67. The molecule has 0 saturated heterocycles. The van der Waals surface area contributed by atoms with Crippen molar-refractivity contribution in [2.24, 2.45) is 0 Å². The number of nitrogens with zero attached hydrogens (tertiary/aromatic N) is 1. The Hall–Kier alpha value is -2.84. The molecule has 2 aromatic rings. The highest BCUT2D eigenvalue weighted by molar-refractivity contribution is 5.94. The number of likely N-dealkylation sites (N-methyl/N-ethyl adjacent to an activating group) is 1. The van der Waals surface area contributed by atoms with Gasteiger partial charge >= 0.3 is 0 Å². The molecule has 0 saturated carbocycles. The molecule has 5 nitrogen and oxygen atoms in total. The number of benzene rings is 2. The highest BCUT2D eigenvalue weighted by Gasteiger charge is 2.22. The summed E-state index contributed by atoms with van der Waals surface area (Å²) >= 11 is 0. The summed E-state index contributed by atoms with van der Waals surface area (Å²) in [5, 5.41) is 11.9. The van der Waals surface area contributed by atoms with Crippen LogP contribution >= 0.6 is 0 Å². The minimum atomic E-state index is -0.254. The summed E-state index contributed by atoms with van der Waals surface area (Å²) in [5.74, 6) is 0.709. The molecule has 2 atom stereocenters. The van der Waals surface area contributed by atoms with E-state index in [1.54, 1.807) is 24.3 Å². The summed E-state index contributed by atoms with van der Waals surface area (Å²) in [7, 11) is 1.95. The second kappa shape index (κ2) is 8.70. The average molecular weight is 324 g/mol. The zero-order valence-corrected chi connectivity index (χ0v) is 14.0. The molecule has 0 spiro atoms. The van der Waals surface area contributed by atoms with E-state index in [1.807, 2.05) is 44.3 Å². The number of rotatable bonds is 7.